The Morgan fingerprint density at radius 3 is 2.35 bits per heavy atom. The number of unbranched alkanes of at least 4 members (excludes halogenated alkanes) is 2. The quantitative estimate of drug-likeness (QED) is 0.434. The summed E-state index contributed by atoms with van der Waals surface area (Å²) >= 11 is 0. The first-order valence-corrected chi connectivity index (χ1v) is 6.98. The molecule has 110 valence electrons. The molecule has 1 unspecified atom stereocenters. The summed E-state index contributed by atoms with van der Waals surface area (Å²) in [5, 5.41) is 0. The standard InChI is InChI=1S/C16H22O4/c1-4-5-6-7-12(2)15(17)20-14-10-8-13(9-11-14)16(18)19-3/h8-12H,4-7H2,1-3H3. The number of rotatable bonds is 7. The molecule has 1 atom stereocenters. The second-order valence-corrected chi connectivity index (χ2v) is 4.83. The van der Waals surface area contributed by atoms with Gasteiger partial charge in [-0.15, -0.1) is 0 Å². The van der Waals surface area contributed by atoms with Gasteiger partial charge in [0.1, 0.15) is 5.75 Å². The molecular formula is C16H22O4. The maximum atomic E-state index is 11.9. The third-order valence-corrected chi connectivity index (χ3v) is 3.14. The van der Waals surface area contributed by atoms with Crippen molar-refractivity contribution in [2.45, 2.75) is 39.5 Å². The number of hydrogen-bond donors (Lipinski definition) is 0. The zero-order chi connectivity index (χ0) is 15.0. The van der Waals surface area contributed by atoms with E-state index in [1.165, 1.54) is 7.11 Å². The lowest BCUT2D eigenvalue weighted by atomic mass is 10.0. The van der Waals surface area contributed by atoms with Gasteiger partial charge in [0, 0.05) is 0 Å². The zero-order valence-corrected chi connectivity index (χ0v) is 12.3. The van der Waals surface area contributed by atoms with E-state index in [9.17, 15) is 9.59 Å². The molecule has 1 aromatic carbocycles. The summed E-state index contributed by atoms with van der Waals surface area (Å²) in [6, 6.07) is 6.36. The van der Waals surface area contributed by atoms with E-state index in [0.29, 0.717) is 11.3 Å². The predicted octanol–water partition coefficient (Wildman–Crippen LogP) is 3.60. The molecule has 0 aliphatic rings. The highest BCUT2D eigenvalue weighted by atomic mass is 16.5. The molecule has 0 amide bonds. The Balaban J connectivity index is 2.51. The van der Waals surface area contributed by atoms with Crippen molar-refractivity contribution < 1.29 is 19.1 Å². The first-order chi connectivity index (χ1) is 9.58. The Morgan fingerprint density at radius 1 is 1.15 bits per heavy atom. The van der Waals surface area contributed by atoms with Gasteiger partial charge in [0.15, 0.2) is 0 Å². The molecule has 0 radical (unpaired) electrons. The van der Waals surface area contributed by atoms with Crippen LogP contribution in [0.3, 0.4) is 0 Å². The van der Waals surface area contributed by atoms with Gasteiger partial charge in [-0.1, -0.05) is 33.1 Å². The monoisotopic (exact) mass is 278 g/mol. The summed E-state index contributed by atoms with van der Waals surface area (Å²) < 4.78 is 9.89. The Hall–Kier alpha value is -1.84. The molecule has 0 aromatic heterocycles. The van der Waals surface area contributed by atoms with Gasteiger partial charge in [-0.2, -0.15) is 0 Å². The number of benzene rings is 1. The van der Waals surface area contributed by atoms with Gasteiger partial charge in [-0.25, -0.2) is 4.79 Å². The molecule has 0 fully saturated rings. The second kappa shape index (κ2) is 8.35. The van der Waals surface area contributed by atoms with Crippen LogP contribution in [0.2, 0.25) is 0 Å². The number of ether oxygens (including phenoxy) is 2. The Kier molecular flexibility index (Phi) is 6.77. The van der Waals surface area contributed by atoms with Crippen molar-refractivity contribution in [1.82, 2.24) is 0 Å². The molecule has 0 saturated carbocycles. The van der Waals surface area contributed by atoms with Crippen LogP contribution in [0.25, 0.3) is 0 Å². The lowest BCUT2D eigenvalue weighted by Crippen LogP contribution is -2.17. The molecule has 0 aliphatic carbocycles. The van der Waals surface area contributed by atoms with Crippen molar-refractivity contribution in [3.8, 4) is 5.75 Å². The molecule has 0 spiro atoms. The number of hydrogen-bond acceptors (Lipinski definition) is 4. The van der Waals surface area contributed by atoms with Crippen molar-refractivity contribution in [1.29, 1.82) is 0 Å². The Labute approximate surface area is 120 Å². The van der Waals surface area contributed by atoms with E-state index < -0.39 is 5.97 Å². The van der Waals surface area contributed by atoms with Crippen LogP contribution in [0.1, 0.15) is 49.9 Å². The Morgan fingerprint density at radius 2 is 1.80 bits per heavy atom. The van der Waals surface area contributed by atoms with Crippen molar-refractivity contribution in [3.63, 3.8) is 0 Å². The highest BCUT2D eigenvalue weighted by Crippen LogP contribution is 2.17. The van der Waals surface area contributed by atoms with Gasteiger partial charge in [0.2, 0.25) is 0 Å². The smallest absolute Gasteiger partial charge is 0.337 e. The van der Waals surface area contributed by atoms with E-state index in [1.54, 1.807) is 24.3 Å². The maximum Gasteiger partial charge on any atom is 0.337 e. The largest absolute Gasteiger partial charge is 0.465 e. The number of carbonyl (C=O) groups is 2. The fraction of sp³-hybridized carbons (Fsp3) is 0.500. The number of methoxy groups -OCH3 is 1. The molecule has 20 heavy (non-hydrogen) atoms. The fourth-order valence-corrected chi connectivity index (χ4v) is 1.81. The minimum atomic E-state index is -0.407. The van der Waals surface area contributed by atoms with E-state index in [0.717, 1.165) is 25.7 Å². The third-order valence-electron chi connectivity index (χ3n) is 3.14. The van der Waals surface area contributed by atoms with E-state index >= 15 is 0 Å². The SMILES string of the molecule is CCCCCC(C)C(=O)Oc1ccc(C(=O)OC)cc1. The van der Waals surface area contributed by atoms with Gasteiger partial charge in [0.05, 0.1) is 18.6 Å². The van der Waals surface area contributed by atoms with Gasteiger partial charge < -0.3 is 9.47 Å². The minimum absolute atomic E-state index is 0.109. The van der Waals surface area contributed by atoms with Gasteiger partial charge in [0.25, 0.3) is 0 Å². The summed E-state index contributed by atoms with van der Waals surface area (Å²) in [7, 11) is 1.33. The predicted molar refractivity (Wildman–Crippen MR) is 76.7 cm³/mol. The fourth-order valence-electron chi connectivity index (χ4n) is 1.81. The van der Waals surface area contributed by atoms with Crippen molar-refractivity contribution >= 4 is 11.9 Å². The minimum Gasteiger partial charge on any atom is -0.465 e. The number of esters is 2. The van der Waals surface area contributed by atoms with Crippen LogP contribution in [0.15, 0.2) is 24.3 Å². The normalized spacial score (nSPS) is 11.8. The number of carbonyl (C=O) groups excluding carboxylic acids is 2. The lowest BCUT2D eigenvalue weighted by molar-refractivity contribution is -0.138. The molecule has 0 bridgehead atoms. The average molecular weight is 278 g/mol. The first-order valence-electron chi connectivity index (χ1n) is 6.98. The van der Waals surface area contributed by atoms with Crippen LogP contribution < -0.4 is 4.74 Å². The van der Waals surface area contributed by atoms with Gasteiger partial charge >= 0.3 is 11.9 Å². The zero-order valence-electron chi connectivity index (χ0n) is 12.3. The van der Waals surface area contributed by atoms with E-state index in [-0.39, 0.29) is 11.9 Å². The Bertz CT molecular complexity index is 436. The molecule has 1 rings (SSSR count). The first kappa shape index (κ1) is 16.2. The van der Waals surface area contributed by atoms with E-state index in [4.69, 9.17) is 4.74 Å². The molecule has 0 saturated heterocycles. The van der Waals surface area contributed by atoms with Crippen LogP contribution in [-0.2, 0) is 9.53 Å². The molecule has 0 aliphatic heterocycles. The van der Waals surface area contributed by atoms with Crippen LogP contribution in [0.5, 0.6) is 5.75 Å². The molecule has 0 N–H and O–H groups in total. The average Bonchev–Trinajstić information content (AvgIpc) is 2.47. The van der Waals surface area contributed by atoms with Crippen molar-refractivity contribution in [2.75, 3.05) is 7.11 Å². The van der Waals surface area contributed by atoms with E-state index in [2.05, 4.69) is 11.7 Å². The third kappa shape index (κ3) is 5.03. The molecule has 0 heterocycles. The van der Waals surface area contributed by atoms with Crippen LogP contribution in [-0.4, -0.2) is 19.0 Å². The van der Waals surface area contributed by atoms with Crippen molar-refractivity contribution in [3.05, 3.63) is 29.8 Å². The highest BCUT2D eigenvalue weighted by Gasteiger charge is 2.15. The molecule has 4 heteroatoms. The summed E-state index contributed by atoms with van der Waals surface area (Å²) in [6.45, 7) is 4.01. The summed E-state index contributed by atoms with van der Waals surface area (Å²) in [5.74, 6) is -0.297. The van der Waals surface area contributed by atoms with Gasteiger partial charge in [-0.3, -0.25) is 4.79 Å². The highest BCUT2D eigenvalue weighted by molar-refractivity contribution is 5.89. The van der Waals surface area contributed by atoms with Crippen LogP contribution >= 0.6 is 0 Å². The molecule has 1 aromatic rings. The van der Waals surface area contributed by atoms with Crippen LogP contribution in [0.4, 0.5) is 0 Å². The summed E-state index contributed by atoms with van der Waals surface area (Å²) in [6.07, 6.45) is 4.14. The van der Waals surface area contributed by atoms with Gasteiger partial charge in [-0.05, 0) is 30.7 Å². The van der Waals surface area contributed by atoms with Crippen LogP contribution in [0, 0.1) is 5.92 Å². The molecular weight excluding hydrogens is 256 g/mol. The van der Waals surface area contributed by atoms with Crippen molar-refractivity contribution in [2.24, 2.45) is 5.92 Å². The summed E-state index contributed by atoms with van der Waals surface area (Å²) in [5.41, 5.74) is 0.434. The lowest BCUT2D eigenvalue weighted by Gasteiger charge is -2.11. The second-order valence-electron chi connectivity index (χ2n) is 4.83. The molecule has 4 nitrogen and oxygen atoms in total. The van der Waals surface area contributed by atoms with E-state index in [1.807, 2.05) is 6.92 Å². The maximum absolute atomic E-state index is 11.9. The topological polar surface area (TPSA) is 52.6 Å². The summed E-state index contributed by atoms with van der Waals surface area (Å²) in [4.78, 5) is 23.1.